The Morgan fingerprint density at radius 3 is 2.83 bits per heavy atom. The van der Waals surface area contributed by atoms with Crippen molar-refractivity contribution in [1.82, 2.24) is 5.32 Å². The zero-order valence-electron chi connectivity index (χ0n) is 13.3. The average molecular weight is 321 g/mol. The number of aliphatic carboxylic acids is 1. The zero-order chi connectivity index (χ0) is 16.7. The fourth-order valence-electron chi connectivity index (χ4n) is 2.67. The first-order chi connectivity index (χ1) is 11.1. The van der Waals surface area contributed by atoms with Crippen LogP contribution in [0.5, 0.6) is 5.75 Å². The van der Waals surface area contributed by atoms with Gasteiger partial charge in [-0.3, -0.25) is 4.79 Å². The zero-order valence-corrected chi connectivity index (χ0v) is 13.3. The topological polar surface area (TPSA) is 84.9 Å². The SMILES string of the molecule is CC(C(=O)NCc1cccc(OCC(=O)O)c1)C1CCOCC1. The van der Waals surface area contributed by atoms with Crippen molar-refractivity contribution in [2.24, 2.45) is 11.8 Å². The Labute approximate surface area is 135 Å². The van der Waals surface area contributed by atoms with Gasteiger partial charge in [0.15, 0.2) is 6.61 Å². The van der Waals surface area contributed by atoms with Crippen LogP contribution in [-0.2, 0) is 20.9 Å². The molecule has 1 atom stereocenters. The fraction of sp³-hybridized carbons (Fsp3) is 0.529. The van der Waals surface area contributed by atoms with Gasteiger partial charge in [-0.2, -0.15) is 0 Å². The molecular formula is C17H23NO5. The molecule has 1 fully saturated rings. The van der Waals surface area contributed by atoms with Gasteiger partial charge >= 0.3 is 5.97 Å². The molecule has 1 heterocycles. The van der Waals surface area contributed by atoms with Gasteiger partial charge in [0.05, 0.1) is 0 Å². The van der Waals surface area contributed by atoms with Gasteiger partial charge < -0.3 is 19.9 Å². The molecule has 1 aliphatic rings. The first kappa shape index (κ1) is 17.3. The molecule has 0 spiro atoms. The third kappa shape index (κ3) is 5.56. The number of ether oxygens (including phenoxy) is 2. The van der Waals surface area contributed by atoms with E-state index in [1.165, 1.54) is 0 Å². The van der Waals surface area contributed by atoms with Crippen molar-refractivity contribution in [1.29, 1.82) is 0 Å². The summed E-state index contributed by atoms with van der Waals surface area (Å²) < 4.78 is 10.5. The molecule has 2 N–H and O–H groups in total. The first-order valence-electron chi connectivity index (χ1n) is 7.85. The molecule has 1 unspecified atom stereocenters. The highest BCUT2D eigenvalue weighted by atomic mass is 16.5. The minimum Gasteiger partial charge on any atom is -0.482 e. The normalized spacial score (nSPS) is 16.6. The van der Waals surface area contributed by atoms with Gasteiger partial charge in [0.2, 0.25) is 5.91 Å². The van der Waals surface area contributed by atoms with Crippen molar-refractivity contribution in [3.63, 3.8) is 0 Å². The molecule has 6 nitrogen and oxygen atoms in total. The quantitative estimate of drug-likeness (QED) is 0.800. The monoisotopic (exact) mass is 321 g/mol. The van der Waals surface area contributed by atoms with Crippen molar-refractivity contribution >= 4 is 11.9 Å². The van der Waals surface area contributed by atoms with Crippen LogP contribution in [0.2, 0.25) is 0 Å². The van der Waals surface area contributed by atoms with Crippen molar-refractivity contribution in [3.05, 3.63) is 29.8 Å². The molecule has 1 aromatic rings. The van der Waals surface area contributed by atoms with E-state index in [1.54, 1.807) is 18.2 Å². The highest BCUT2D eigenvalue weighted by Gasteiger charge is 2.25. The van der Waals surface area contributed by atoms with Crippen molar-refractivity contribution in [3.8, 4) is 5.75 Å². The molecule has 0 saturated carbocycles. The minimum atomic E-state index is -1.02. The van der Waals surface area contributed by atoms with Crippen LogP contribution < -0.4 is 10.1 Å². The lowest BCUT2D eigenvalue weighted by Crippen LogP contribution is -2.35. The Morgan fingerprint density at radius 2 is 2.13 bits per heavy atom. The van der Waals surface area contributed by atoms with Crippen LogP contribution in [0, 0.1) is 11.8 Å². The van der Waals surface area contributed by atoms with E-state index in [0.717, 1.165) is 31.6 Å². The van der Waals surface area contributed by atoms with E-state index in [1.807, 2.05) is 13.0 Å². The number of benzene rings is 1. The van der Waals surface area contributed by atoms with Gasteiger partial charge in [0, 0.05) is 25.7 Å². The summed E-state index contributed by atoms with van der Waals surface area (Å²) in [7, 11) is 0. The second-order valence-corrected chi connectivity index (χ2v) is 5.79. The molecule has 23 heavy (non-hydrogen) atoms. The van der Waals surface area contributed by atoms with Crippen LogP contribution in [0.3, 0.4) is 0 Å². The largest absolute Gasteiger partial charge is 0.482 e. The number of rotatable bonds is 7. The standard InChI is InChI=1S/C17H23NO5/c1-12(14-5-7-22-8-6-14)17(21)18-10-13-3-2-4-15(9-13)23-11-16(19)20/h2-4,9,12,14H,5-8,10-11H2,1H3,(H,18,21)(H,19,20). The first-order valence-corrected chi connectivity index (χ1v) is 7.85. The lowest BCUT2D eigenvalue weighted by Gasteiger charge is -2.27. The molecule has 0 radical (unpaired) electrons. The lowest BCUT2D eigenvalue weighted by atomic mass is 9.87. The maximum Gasteiger partial charge on any atom is 0.341 e. The minimum absolute atomic E-state index is 0.0359. The molecule has 6 heteroatoms. The van der Waals surface area contributed by atoms with Crippen LogP contribution in [0.4, 0.5) is 0 Å². The van der Waals surface area contributed by atoms with Crippen molar-refractivity contribution in [2.45, 2.75) is 26.3 Å². The number of hydrogen-bond acceptors (Lipinski definition) is 4. The Bertz CT molecular complexity index is 540. The van der Waals surface area contributed by atoms with E-state index < -0.39 is 5.97 Å². The molecule has 126 valence electrons. The number of carbonyl (C=O) groups is 2. The fourth-order valence-corrected chi connectivity index (χ4v) is 2.67. The third-order valence-electron chi connectivity index (χ3n) is 4.11. The highest BCUT2D eigenvalue weighted by Crippen LogP contribution is 2.23. The second kappa shape index (κ2) is 8.53. The maximum atomic E-state index is 12.3. The molecule has 1 aliphatic heterocycles. The number of amides is 1. The van der Waals surface area contributed by atoms with Crippen molar-refractivity contribution < 1.29 is 24.2 Å². The van der Waals surface area contributed by atoms with Crippen LogP contribution in [0.15, 0.2) is 24.3 Å². The molecular weight excluding hydrogens is 298 g/mol. The molecule has 0 bridgehead atoms. The van der Waals surface area contributed by atoms with Crippen molar-refractivity contribution in [2.75, 3.05) is 19.8 Å². The predicted molar refractivity (Wildman–Crippen MR) is 84.1 cm³/mol. The van der Waals surface area contributed by atoms with E-state index in [4.69, 9.17) is 14.6 Å². The van der Waals surface area contributed by atoms with Gasteiger partial charge in [-0.15, -0.1) is 0 Å². The summed E-state index contributed by atoms with van der Waals surface area (Å²) in [6.45, 7) is 3.43. The summed E-state index contributed by atoms with van der Waals surface area (Å²) in [6, 6.07) is 7.08. The van der Waals surface area contributed by atoms with Crippen LogP contribution in [0.1, 0.15) is 25.3 Å². The number of nitrogens with one attached hydrogen (secondary N) is 1. The van der Waals surface area contributed by atoms with Gasteiger partial charge in [-0.25, -0.2) is 4.79 Å². The van der Waals surface area contributed by atoms with E-state index in [9.17, 15) is 9.59 Å². The average Bonchev–Trinajstić information content (AvgIpc) is 2.58. The Balaban J connectivity index is 1.83. The second-order valence-electron chi connectivity index (χ2n) is 5.79. The van der Waals surface area contributed by atoms with Gasteiger partial charge in [0.1, 0.15) is 5.75 Å². The molecule has 2 rings (SSSR count). The van der Waals surface area contributed by atoms with E-state index in [-0.39, 0.29) is 18.4 Å². The van der Waals surface area contributed by atoms with Crippen LogP contribution in [-0.4, -0.2) is 36.8 Å². The number of carbonyl (C=O) groups excluding carboxylic acids is 1. The summed E-state index contributed by atoms with van der Waals surface area (Å²) >= 11 is 0. The summed E-state index contributed by atoms with van der Waals surface area (Å²) in [5.74, 6) is -0.168. The maximum absolute atomic E-state index is 12.3. The van der Waals surface area contributed by atoms with E-state index in [0.29, 0.717) is 18.2 Å². The smallest absolute Gasteiger partial charge is 0.341 e. The molecule has 0 aromatic heterocycles. The van der Waals surface area contributed by atoms with Crippen LogP contribution >= 0.6 is 0 Å². The molecule has 1 amide bonds. The molecule has 1 aromatic carbocycles. The summed E-state index contributed by atoms with van der Waals surface area (Å²) in [6.07, 6.45) is 1.85. The van der Waals surface area contributed by atoms with E-state index >= 15 is 0 Å². The molecule has 1 saturated heterocycles. The van der Waals surface area contributed by atoms with Gasteiger partial charge in [-0.1, -0.05) is 19.1 Å². The lowest BCUT2D eigenvalue weighted by molar-refractivity contribution is -0.139. The summed E-state index contributed by atoms with van der Waals surface area (Å²) in [4.78, 5) is 22.8. The Morgan fingerprint density at radius 1 is 1.39 bits per heavy atom. The Kier molecular flexibility index (Phi) is 6.40. The predicted octanol–water partition coefficient (Wildman–Crippen LogP) is 1.83. The number of carboxylic acids is 1. The molecule has 0 aliphatic carbocycles. The summed E-state index contributed by atoms with van der Waals surface area (Å²) in [5, 5.41) is 11.6. The Hall–Kier alpha value is -2.08. The van der Waals surface area contributed by atoms with Crippen LogP contribution in [0.25, 0.3) is 0 Å². The summed E-state index contributed by atoms with van der Waals surface area (Å²) in [5.41, 5.74) is 0.875. The third-order valence-corrected chi connectivity index (χ3v) is 4.11. The highest BCUT2D eigenvalue weighted by molar-refractivity contribution is 5.78. The van der Waals surface area contributed by atoms with Gasteiger partial charge in [0.25, 0.3) is 0 Å². The van der Waals surface area contributed by atoms with Gasteiger partial charge in [-0.05, 0) is 36.5 Å². The number of carboxylic acid groups (broad SMARTS) is 1. The van der Waals surface area contributed by atoms with E-state index in [2.05, 4.69) is 5.32 Å². The number of hydrogen-bond donors (Lipinski definition) is 2.